The molecule has 0 aliphatic heterocycles. The highest BCUT2D eigenvalue weighted by Crippen LogP contribution is 2.47. The molecule has 0 aromatic heterocycles. The summed E-state index contributed by atoms with van der Waals surface area (Å²) in [5.41, 5.74) is 0.563. The molecule has 0 amide bonds. The van der Waals surface area contributed by atoms with E-state index in [2.05, 4.69) is 6.07 Å². The van der Waals surface area contributed by atoms with Crippen LogP contribution in [0.15, 0.2) is 24.3 Å². The van der Waals surface area contributed by atoms with Crippen LogP contribution in [0.5, 0.6) is 0 Å². The summed E-state index contributed by atoms with van der Waals surface area (Å²) in [5.74, 6) is -0.928. The molecule has 1 N–H and O–H groups in total. The first-order valence-corrected chi connectivity index (χ1v) is 7.20. The Morgan fingerprint density at radius 1 is 1.33 bits per heavy atom. The third-order valence-corrected chi connectivity index (χ3v) is 4.06. The van der Waals surface area contributed by atoms with Crippen LogP contribution < -0.4 is 0 Å². The van der Waals surface area contributed by atoms with Crippen molar-refractivity contribution in [3.05, 3.63) is 35.4 Å². The van der Waals surface area contributed by atoms with Gasteiger partial charge in [-0.1, -0.05) is 32.9 Å². The third-order valence-electron chi connectivity index (χ3n) is 4.06. The molecular weight excluding hydrogens is 266 g/mol. The quantitative estimate of drug-likeness (QED) is 0.920. The number of nitrogens with zero attached hydrogens (tertiary/aromatic N) is 1. The highest BCUT2D eigenvalue weighted by molar-refractivity contribution is 5.73. The lowest BCUT2D eigenvalue weighted by Crippen LogP contribution is -2.47. The Morgan fingerprint density at radius 3 is 2.24 bits per heavy atom. The molecule has 1 fully saturated rings. The van der Waals surface area contributed by atoms with Gasteiger partial charge in [-0.3, -0.25) is 0 Å². The SMILES string of the molecule is CC(C)(C)C(OC1(c2ccc(C#N)cc2)CCC1)C(=O)O. The van der Waals surface area contributed by atoms with Crippen molar-refractivity contribution >= 4 is 5.97 Å². The van der Waals surface area contributed by atoms with Crippen LogP contribution in [-0.4, -0.2) is 17.2 Å². The van der Waals surface area contributed by atoms with E-state index >= 15 is 0 Å². The molecule has 1 aromatic rings. The molecule has 1 aromatic carbocycles. The Labute approximate surface area is 125 Å². The summed E-state index contributed by atoms with van der Waals surface area (Å²) in [6.07, 6.45) is 1.81. The van der Waals surface area contributed by atoms with Crippen molar-refractivity contribution < 1.29 is 14.6 Å². The second-order valence-electron chi connectivity index (χ2n) is 6.74. The Morgan fingerprint density at radius 2 is 1.90 bits per heavy atom. The van der Waals surface area contributed by atoms with Crippen molar-refractivity contribution in [1.82, 2.24) is 0 Å². The van der Waals surface area contributed by atoms with Gasteiger partial charge in [-0.25, -0.2) is 4.79 Å². The molecule has 1 aliphatic carbocycles. The van der Waals surface area contributed by atoms with Gasteiger partial charge in [0.15, 0.2) is 6.10 Å². The van der Waals surface area contributed by atoms with Crippen molar-refractivity contribution in [2.24, 2.45) is 5.41 Å². The predicted octanol–water partition coefficient (Wildman–Crippen LogP) is 3.45. The summed E-state index contributed by atoms with van der Waals surface area (Å²) >= 11 is 0. The van der Waals surface area contributed by atoms with Gasteiger partial charge in [-0.05, 0) is 42.4 Å². The van der Waals surface area contributed by atoms with Gasteiger partial charge in [0.25, 0.3) is 0 Å². The normalized spacial score (nSPS) is 18.4. The van der Waals surface area contributed by atoms with E-state index in [1.807, 2.05) is 32.9 Å². The van der Waals surface area contributed by atoms with Gasteiger partial charge < -0.3 is 9.84 Å². The number of aliphatic carboxylic acids is 1. The fourth-order valence-corrected chi connectivity index (χ4v) is 2.64. The number of nitriles is 1. The smallest absolute Gasteiger partial charge is 0.333 e. The molecule has 2 rings (SSSR count). The first kappa shape index (κ1) is 15.5. The predicted molar refractivity (Wildman–Crippen MR) is 78.6 cm³/mol. The maximum absolute atomic E-state index is 11.5. The monoisotopic (exact) mass is 287 g/mol. The van der Waals surface area contributed by atoms with Gasteiger partial charge in [0, 0.05) is 0 Å². The average molecular weight is 287 g/mol. The largest absolute Gasteiger partial charge is 0.479 e. The molecule has 0 heterocycles. The Hall–Kier alpha value is -1.86. The fraction of sp³-hybridized carbons (Fsp3) is 0.529. The number of benzene rings is 1. The second-order valence-corrected chi connectivity index (χ2v) is 6.74. The summed E-state index contributed by atoms with van der Waals surface area (Å²) in [5, 5.41) is 18.3. The Balaban J connectivity index is 2.29. The second kappa shape index (κ2) is 5.50. The van der Waals surface area contributed by atoms with Crippen LogP contribution in [0.1, 0.15) is 51.2 Å². The first-order valence-electron chi connectivity index (χ1n) is 7.20. The summed E-state index contributed by atoms with van der Waals surface area (Å²) in [4.78, 5) is 11.5. The van der Waals surface area contributed by atoms with Crippen molar-refractivity contribution in [3.63, 3.8) is 0 Å². The van der Waals surface area contributed by atoms with E-state index in [1.165, 1.54) is 0 Å². The van der Waals surface area contributed by atoms with E-state index in [9.17, 15) is 9.90 Å². The molecule has 1 aliphatic rings. The van der Waals surface area contributed by atoms with E-state index in [0.29, 0.717) is 5.56 Å². The van der Waals surface area contributed by atoms with Crippen molar-refractivity contribution in [2.45, 2.75) is 51.7 Å². The third kappa shape index (κ3) is 3.08. The van der Waals surface area contributed by atoms with Crippen molar-refractivity contribution in [1.29, 1.82) is 5.26 Å². The molecule has 4 nitrogen and oxygen atoms in total. The lowest BCUT2D eigenvalue weighted by molar-refractivity contribution is -0.197. The van der Waals surface area contributed by atoms with Crippen LogP contribution in [0.2, 0.25) is 0 Å². The summed E-state index contributed by atoms with van der Waals surface area (Å²) < 4.78 is 6.08. The topological polar surface area (TPSA) is 70.3 Å². The zero-order valence-corrected chi connectivity index (χ0v) is 12.7. The maximum Gasteiger partial charge on any atom is 0.333 e. The van der Waals surface area contributed by atoms with Crippen LogP contribution in [-0.2, 0) is 15.1 Å². The van der Waals surface area contributed by atoms with Gasteiger partial charge in [-0.15, -0.1) is 0 Å². The van der Waals surface area contributed by atoms with E-state index in [-0.39, 0.29) is 0 Å². The van der Waals surface area contributed by atoms with Gasteiger partial charge in [0.05, 0.1) is 17.2 Å². The molecule has 0 spiro atoms. The molecule has 21 heavy (non-hydrogen) atoms. The molecule has 112 valence electrons. The van der Waals surface area contributed by atoms with E-state index < -0.39 is 23.1 Å². The number of carboxylic acids is 1. The maximum atomic E-state index is 11.5. The van der Waals surface area contributed by atoms with Crippen LogP contribution in [0.4, 0.5) is 0 Å². The minimum Gasteiger partial charge on any atom is -0.479 e. The molecule has 0 bridgehead atoms. The summed E-state index contributed by atoms with van der Waals surface area (Å²) in [6.45, 7) is 5.62. The molecule has 4 heteroatoms. The minimum atomic E-state index is -0.928. The summed E-state index contributed by atoms with van der Waals surface area (Å²) in [7, 11) is 0. The first-order chi connectivity index (χ1) is 9.78. The van der Waals surface area contributed by atoms with Gasteiger partial charge in [0.1, 0.15) is 0 Å². The summed E-state index contributed by atoms with van der Waals surface area (Å²) in [6, 6.07) is 9.35. The number of hydrogen-bond acceptors (Lipinski definition) is 3. The molecule has 1 atom stereocenters. The highest BCUT2D eigenvalue weighted by Gasteiger charge is 2.46. The van der Waals surface area contributed by atoms with Crippen LogP contribution in [0, 0.1) is 16.7 Å². The fourth-order valence-electron chi connectivity index (χ4n) is 2.64. The molecule has 1 unspecified atom stereocenters. The zero-order valence-electron chi connectivity index (χ0n) is 12.7. The van der Waals surface area contributed by atoms with Crippen LogP contribution in [0.3, 0.4) is 0 Å². The molecule has 0 saturated heterocycles. The van der Waals surface area contributed by atoms with Crippen LogP contribution >= 0.6 is 0 Å². The molecular formula is C17H21NO3. The van der Waals surface area contributed by atoms with Crippen molar-refractivity contribution in [2.75, 3.05) is 0 Å². The van der Waals surface area contributed by atoms with Gasteiger partial charge >= 0.3 is 5.97 Å². The number of rotatable bonds is 4. The standard InChI is InChI=1S/C17H21NO3/c1-16(2,3)14(15(19)20)21-17(9-4-10-17)13-7-5-12(11-18)6-8-13/h5-8,14H,4,9-10H2,1-3H3,(H,19,20). The number of ether oxygens (including phenoxy) is 1. The molecule has 1 saturated carbocycles. The lowest BCUT2D eigenvalue weighted by atomic mass is 9.74. The van der Waals surface area contributed by atoms with Crippen molar-refractivity contribution in [3.8, 4) is 6.07 Å². The average Bonchev–Trinajstić information content (AvgIpc) is 2.36. The van der Waals surface area contributed by atoms with E-state index in [0.717, 1.165) is 24.8 Å². The van der Waals surface area contributed by atoms with E-state index in [1.54, 1.807) is 12.1 Å². The Bertz CT molecular complexity index is 559. The lowest BCUT2D eigenvalue weighted by Gasteiger charge is -2.46. The minimum absolute atomic E-state index is 0.471. The number of hydrogen-bond donors (Lipinski definition) is 1. The van der Waals surface area contributed by atoms with E-state index in [4.69, 9.17) is 10.00 Å². The van der Waals surface area contributed by atoms with Gasteiger partial charge in [0.2, 0.25) is 0 Å². The van der Waals surface area contributed by atoms with Crippen LogP contribution in [0.25, 0.3) is 0 Å². The Kier molecular flexibility index (Phi) is 4.06. The molecule has 0 radical (unpaired) electrons. The highest BCUT2D eigenvalue weighted by atomic mass is 16.5. The van der Waals surface area contributed by atoms with Gasteiger partial charge in [-0.2, -0.15) is 5.26 Å². The number of carboxylic acid groups (broad SMARTS) is 1. The number of carbonyl (C=O) groups is 1. The zero-order chi connectivity index (χ0) is 15.7.